The van der Waals surface area contributed by atoms with Gasteiger partial charge < -0.3 is 4.98 Å². The van der Waals surface area contributed by atoms with Gasteiger partial charge in [0, 0.05) is 0 Å². The van der Waals surface area contributed by atoms with Crippen molar-refractivity contribution in [3.05, 3.63) is 21.9 Å². The number of nitrogens with zero attached hydrogens (tertiary/aromatic N) is 1. The summed E-state index contributed by atoms with van der Waals surface area (Å²) in [5.41, 5.74) is -0.978. The predicted molar refractivity (Wildman–Crippen MR) is 38.2 cm³/mol. The fourth-order valence-electron chi connectivity index (χ4n) is 0.663. The molecule has 0 aliphatic carbocycles. The van der Waals surface area contributed by atoms with Gasteiger partial charge in [0.1, 0.15) is 16.4 Å². The Bertz CT molecular complexity index is 334. The zero-order chi connectivity index (χ0) is 9.35. The maximum Gasteiger partial charge on any atom is 0.431 e. The molecule has 2 nitrogen and oxygen atoms in total. The predicted octanol–water partition coefficient (Wildman–Crippen LogP) is 2.67. The minimum atomic E-state index is -4.43. The second-order valence-corrected chi connectivity index (χ2v) is 2.81. The highest BCUT2D eigenvalue weighted by atomic mass is 79.9. The Hall–Kier alpha value is -0.960. The molecule has 0 radical (unpaired) electrons. The van der Waals surface area contributed by atoms with Crippen LogP contribution in [-0.4, -0.2) is 4.98 Å². The molecule has 1 aromatic heterocycles. The molecule has 0 spiro atoms. The fraction of sp³-hybridized carbons (Fsp3) is 0.167. The van der Waals surface area contributed by atoms with Crippen LogP contribution in [-0.2, 0) is 6.18 Å². The smallest absolute Gasteiger partial charge is 0.345 e. The normalized spacial score (nSPS) is 11.2. The van der Waals surface area contributed by atoms with Crippen LogP contribution in [0.1, 0.15) is 11.3 Å². The first-order valence-electron chi connectivity index (χ1n) is 2.81. The number of hydrogen-bond acceptors (Lipinski definition) is 1. The van der Waals surface area contributed by atoms with Crippen molar-refractivity contribution in [3.63, 3.8) is 0 Å². The summed E-state index contributed by atoms with van der Waals surface area (Å²) >= 11 is 2.79. The van der Waals surface area contributed by atoms with Crippen molar-refractivity contribution < 1.29 is 13.2 Å². The average Bonchev–Trinajstić information content (AvgIpc) is 2.29. The van der Waals surface area contributed by atoms with Gasteiger partial charge in [-0.3, -0.25) is 0 Å². The highest BCUT2D eigenvalue weighted by Crippen LogP contribution is 2.31. The number of nitriles is 1. The Morgan fingerprint density at radius 3 is 2.33 bits per heavy atom. The van der Waals surface area contributed by atoms with Crippen LogP contribution in [0.25, 0.3) is 0 Å². The second-order valence-electron chi connectivity index (χ2n) is 2.02. The molecule has 6 heteroatoms. The Morgan fingerprint density at radius 2 is 2.08 bits per heavy atom. The average molecular weight is 239 g/mol. The molecule has 0 saturated heterocycles. The van der Waals surface area contributed by atoms with E-state index >= 15 is 0 Å². The molecule has 12 heavy (non-hydrogen) atoms. The quantitative estimate of drug-likeness (QED) is 0.742. The standard InChI is InChI=1S/C6H2BrF3N2/c7-5-3(2-11)1-4(12-5)6(8,9)10/h1,12H. The molecule has 0 aliphatic rings. The van der Waals surface area contributed by atoms with E-state index in [2.05, 4.69) is 15.9 Å². The Balaban J connectivity index is 3.16. The number of aromatic amines is 1. The molecule has 0 bridgehead atoms. The van der Waals surface area contributed by atoms with Gasteiger partial charge in [-0.1, -0.05) is 0 Å². The van der Waals surface area contributed by atoms with Crippen molar-refractivity contribution in [2.75, 3.05) is 0 Å². The number of hydrogen-bond donors (Lipinski definition) is 1. The molecule has 0 atom stereocenters. The third-order valence-corrected chi connectivity index (χ3v) is 1.82. The summed E-state index contributed by atoms with van der Waals surface area (Å²) in [5.74, 6) is 0. The molecular formula is C6H2BrF3N2. The lowest BCUT2D eigenvalue weighted by Gasteiger charge is -2.00. The van der Waals surface area contributed by atoms with Crippen LogP contribution in [0.3, 0.4) is 0 Å². The molecule has 1 N–H and O–H groups in total. The highest BCUT2D eigenvalue weighted by molar-refractivity contribution is 9.10. The number of aromatic nitrogens is 1. The third kappa shape index (κ3) is 1.61. The second kappa shape index (κ2) is 2.83. The maximum absolute atomic E-state index is 12.0. The SMILES string of the molecule is N#Cc1cc(C(F)(F)F)[nH]c1Br. The van der Waals surface area contributed by atoms with Crippen LogP contribution >= 0.6 is 15.9 Å². The van der Waals surface area contributed by atoms with Crippen molar-refractivity contribution in [3.8, 4) is 6.07 Å². The Kier molecular flexibility index (Phi) is 2.15. The largest absolute Gasteiger partial charge is 0.431 e. The summed E-state index contributed by atoms with van der Waals surface area (Å²) in [7, 11) is 0. The van der Waals surface area contributed by atoms with Crippen LogP contribution in [0.15, 0.2) is 10.7 Å². The van der Waals surface area contributed by atoms with Gasteiger partial charge in [-0.05, 0) is 22.0 Å². The summed E-state index contributed by atoms with van der Waals surface area (Å²) in [6.45, 7) is 0. The minimum absolute atomic E-state index is 0.0531. The molecule has 0 unspecified atom stereocenters. The molecule has 0 saturated carbocycles. The molecule has 0 aromatic carbocycles. The third-order valence-electron chi connectivity index (χ3n) is 1.20. The topological polar surface area (TPSA) is 39.6 Å². The molecule has 64 valence electrons. The summed E-state index contributed by atoms with van der Waals surface area (Å²) in [5, 5.41) is 8.33. The van der Waals surface area contributed by atoms with E-state index in [9.17, 15) is 13.2 Å². The van der Waals surface area contributed by atoms with Gasteiger partial charge in [-0.2, -0.15) is 18.4 Å². The van der Waals surface area contributed by atoms with Crippen molar-refractivity contribution in [2.24, 2.45) is 0 Å². The first kappa shape index (κ1) is 9.13. The van der Waals surface area contributed by atoms with E-state index in [0.29, 0.717) is 0 Å². The van der Waals surface area contributed by atoms with Crippen molar-refractivity contribution in [1.29, 1.82) is 5.26 Å². The first-order chi connectivity index (χ1) is 5.45. The Labute approximate surface area is 74.1 Å². The number of alkyl halides is 3. The highest BCUT2D eigenvalue weighted by Gasteiger charge is 2.33. The summed E-state index contributed by atoms with van der Waals surface area (Å²) in [6.07, 6.45) is -4.43. The van der Waals surface area contributed by atoms with E-state index in [1.54, 1.807) is 6.07 Å². The van der Waals surface area contributed by atoms with Crippen LogP contribution in [0, 0.1) is 11.3 Å². The van der Waals surface area contributed by atoms with E-state index in [1.165, 1.54) is 0 Å². The van der Waals surface area contributed by atoms with Gasteiger partial charge in [-0.25, -0.2) is 0 Å². The minimum Gasteiger partial charge on any atom is -0.345 e. The fourth-order valence-corrected chi connectivity index (χ4v) is 1.08. The van der Waals surface area contributed by atoms with E-state index in [-0.39, 0.29) is 10.2 Å². The molecule has 1 aromatic rings. The molecular weight excluding hydrogens is 237 g/mol. The van der Waals surface area contributed by atoms with Gasteiger partial charge in [0.25, 0.3) is 0 Å². The number of H-pyrrole nitrogens is 1. The zero-order valence-electron chi connectivity index (χ0n) is 5.54. The van der Waals surface area contributed by atoms with Crippen LogP contribution in [0.2, 0.25) is 0 Å². The molecule has 0 aliphatic heterocycles. The molecule has 0 amide bonds. The van der Waals surface area contributed by atoms with Gasteiger partial charge in [0.15, 0.2) is 0 Å². The molecule has 1 rings (SSSR count). The molecule has 1 heterocycles. The molecule has 0 fully saturated rings. The van der Waals surface area contributed by atoms with Gasteiger partial charge >= 0.3 is 6.18 Å². The van der Waals surface area contributed by atoms with Gasteiger partial charge in [-0.15, -0.1) is 0 Å². The zero-order valence-corrected chi connectivity index (χ0v) is 7.12. The summed E-state index contributed by atoms with van der Waals surface area (Å²) < 4.78 is 35.9. The van der Waals surface area contributed by atoms with Crippen molar-refractivity contribution >= 4 is 15.9 Å². The Morgan fingerprint density at radius 1 is 1.50 bits per heavy atom. The van der Waals surface area contributed by atoms with E-state index in [4.69, 9.17) is 5.26 Å². The lowest BCUT2D eigenvalue weighted by atomic mass is 10.3. The van der Waals surface area contributed by atoms with Crippen LogP contribution in [0.4, 0.5) is 13.2 Å². The van der Waals surface area contributed by atoms with E-state index < -0.39 is 11.9 Å². The lowest BCUT2D eigenvalue weighted by Crippen LogP contribution is -2.04. The number of rotatable bonds is 0. The first-order valence-corrected chi connectivity index (χ1v) is 3.60. The van der Waals surface area contributed by atoms with E-state index in [1.807, 2.05) is 4.98 Å². The monoisotopic (exact) mass is 238 g/mol. The number of nitrogens with one attached hydrogen (secondary N) is 1. The van der Waals surface area contributed by atoms with Crippen LogP contribution in [0.5, 0.6) is 0 Å². The van der Waals surface area contributed by atoms with Gasteiger partial charge in [0.2, 0.25) is 0 Å². The van der Waals surface area contributed by atoms with Crippen molar-refractivity contribution in [1.82, 2.24) is 4.98 Å². The van der Waals surface area contributed by atoms with Crippen LogP contribution < -0.4 is 0 Å². The summed E-state index contributed by atoms with van der Waals surface area (Å²) in [4.78, 5) is 2.00. The number of halogens is 4. The lowest BCUT2D eigenvalue weighted by molar-refractivity contribution is -0.140. The summed E-state index contributed by atoms with van der Waals surface area (Å²) in [6, 6.07) is 2.36. The van der Waals surface area contributed by atoms with E-state index in [0.717, 1.165) is 6.07 Å². The van der Waals surface area contributed by atoms with Crippen molar-refractivity contribution in [2.45, 2.75) is 6.18 Å². The van der Waals surface area contributed by atoms with Gasteiger partial charge in [0.05, 0.1) is 5.56 Å². The maximum atomic E-state index is 12.0.